The lowest BCUT2D eigenvalue weighted by Gasteiger charge is -2.46. The van der Waals surface area contributed by atoms with E-state index in [9.17, 15) is 0 Å². The number of hydrogen-bond acceptors (Lipinski definition) is 5. The minimum Gasteiger partial charge on any atom is -0.313 e. The molecule has 2 bridgehead atoms. The summed E-state index contributed by atoms with van der Waals surface area (Å²) in [5.41, 5.74) is 2.30. The van der Waals surface area contributed by atoms with Crippen LogP contribution in [0.4, 0.5) is 0 Å². The largest absolute Gasteiger partial charge is 0.313 e. The maximum atomic E-state index is 4.77. The highest BCUT2D eigenvalue weighted by Crippen LogP contribution is 2.27. The first-order chi connectivity index (χ1) is 9.19. The highest BCUT2D eigenvalue weighted by molar-refractivity contribution is 5.21. The van der Waals surface area contributed by atoms with Crippen LogP contribution in [0.1, 0.15) is 36.1 Å². The fourth-order valence-corrected chi connectivity index (χ4v) is 3.10. The van der Waals surface area contributed by atoms with Crippen LogP contribution in [-0.4, -0.2) is 59.5 Å². The molecule has 4 rings (SSSR count). The predicted octanol–water partition coefficient (Wildman–Crippen LogP) is 0.738. The molecule has 3 aliphatic heterocycles. The zero-order valence-electron chi connectivity index (χ0n) is 12.1. The molecule has 3 fully saturated rings. The van der Waals surface area contributed by atoms with Crippen LogP contribution in [-0.2, 0) is 0 Å². The van der Waals surface area contributed by atoms with Crippen LogP contribution in [0.2, 0.25) is 0 Å². The lowest BCUT2D eigenvalue weighted by Crippen LogP contribution is -2.57. The molecule has 1 N–H and O–H groups in total. The van der Waals surface area contributed by atoms with Crippen LogP contribution in [0.25, 0.3) is 0 Å². The topological polar surface area (TPSA) is 44.3 Å². The van der Waals surface area contributed by atoms with Crippen molar-refractivity contribution < 1.29 is 0 Å². The summed E-state index contributed by atoms with van der Waals surface area (Å²) in [6, 6.07) is 0.695. The second-order valence-corrected chi connectivity index (χ2v) is 5.63. The van der Waals surface area contributed by atoms with E-state index in [1.54, 1.807) is 0 Å². The van der Waals surface area contributed by atoms with E-state index in [0.717, 1.165) is 31.2 Å². The number of aromatic nitrogens is 2. The Kier molecular flexibility index (Phi) is 3.52. The van der Waals surface area contributed by atoms with Crippen LogP contribution < -0.4 is 5.32 Å². The first kappa shape index (κ1) is 13.0. The molecule has 5 heteroatoms. The Balaban J connectivity index is 1.84. The van der Waals surface area contributed by atoms with Gasteiger partial charge in [0, 0.05) is 56.2 Å². The highest BCUT2D eigenvalue weighted by atomic mass is 15.4. The van der Waals surface area contributed by atoms with Gasteiger partial charge in [-0.25, -0.2) is 9.97 Å². The van der Waals surface area contributed by atoms with Crippen molar-refractivity contribution in [3.05, 3.63) is 23.3 Å². The third kappa shape index (κ3) is 2.38. The van der Waals surface area contributed by atoms with Crippen LogP contribution in [0, 0.1) is 6.92 Å². The van der Waals surface area contributed by atoms with Crippen LogP contribution in [0.5, 0.6) is 0 Å². The molecule has 0 aromatic carbocycles. The second-order valence-electron chi connectivity index (χ2n) is 5.63. The van der Waals surface area contributed by atoms with E-state index in [0.29, 0.717) is 12.1 Å². The summed E-state index contributed by atoms with van der Waals surface area (Å²) in [7, 11) is 1.97. The molecule has 5 nitrogen and oxygen atoms in total. The van der Waals surface area contributed by atoms with Crippen molar-refractivity contribution in [2.75, 3.05) is 39.8 Å². The van der Waals surface area contributed by atoms with Gasteiger partial charge in [0.25, 0.3) is 0 Å². The fraction of sp³-hybridized carbons (Fsp3) is 0.714. The molecule has 2 atom stereocenters. The van der Waals surface area contributed by atoms with Gasteiger partial charge in [0.2, 0.25) is 0 Å². The summed E-state index contributed by atoms with van der Waals surface area (Å²) in [6.07, 6.45) is 2.00. The molecule has 104 valence electrons. The van der Waals surface area contributed by atoms with Gasteiger partial charge < -0.3 is 5.32 Å². The van der Waals surface area contributed by atoms with Crippen molar-refractivity contribution in [3.8, 4) is 0 Å². The quantitative estimate of drug-likeness (QED) is 0.869. The third-order valence-corrected chi connectivity index (χ3v) is 4.51. The molecule has 19 heavy (non-hydrogen) atoms. The second kappa shape index (κ2) is 5.15. The Morgan fingerprint density at radius 3 is 2.58 bits per heavy atom. The van der Waals surface area contributed by atoms with Gasteiger partial charge in [-0.15, -0.1) is 0 Å². The molecule has 0 saturated carbocycles. The van der Waals surface area contributed by atoms with E-state index in [2.05, 4.69) is 33.9 Å². The number of hydrogen-bond donors (Lipinski definition) is 1. The molecule has 4 heterocycles. The highest BCUT2D eigenvalue weighted by Gasteiger charge is 2.34. The number of aryl methyl sites for hydroxylation is 1. The van der Waals surface area contributed by atoms with Crippen molar-refractivity contribution >= 4 is 0 Å². The number of nitrogens with zero attached hydrogens (tertiary/aromatic N) is 4. The molecule has 2 unspecified atom stereocenters. The number of rotatable bonds is 3. The van der Waals surface area contributed by atoms with E-state index >= 15 is 0 Å². The summed E-state index contributed by atoms with van der Waals surface area (Å²) >= 11 is 0. The Morgan fingerprint density at radius 2 is 2.05 bits per heavy atom. The monoisotopic (exact) mass is 261 g/mol. The van der Waals surface area contributed by atoms with Gasteiger partial charge in [-0.2, -0.15) is 0 Å². The predicted molar refractivity (Wildman–Crippen MR) is 75.0 cm³/mol. The first-order valence-corrected chi connectivity index (χ1v) is 7.16. The normalized spacial score (nSPS) is 31.4. The molecule has 0 amide bonds. The molecule has 1 aromatic rings. The summed E-state index contributed by atoms with van der Waals surface area (Å²) in [4.78, 5) is 14.4. The summed E-state index contributed by atoms with van der Waals surface area (Å²) < 4.78 is 0. The van der Waals surface area contributed by atoms with Crippen molar-refractivity contribution in [2.24, 2.45) is 0 Å². The Hall–Kier alpha value is -1.04. The molecule has 0 aliphatic carbocycles. The molecule has 0 spiro atoms. The molecular weight excluding hydrogens is 238 g/mol. The van der Waals surface area contributed by atoms with Gasteiger partial charge in [-0.3, -0.25) is 9.80 Å². The van der Waals surface area contributed by atoms with Crippen LogP contribution in [0.15, 0.2) is 6.20 Å². The zero-order valence-corrected chi connectivity index (χ0v) is 12.1. The summed E-state index contributed by atoms with van der Waals surface area (Å²) in [5.74, 6) is 0.994. The standard InChI is InChI=1S/C14H23N5/c1-10(15-3)12-8-16-14(17-11(12)2)13-9-18-4-6-19(13)7-5-18/h8,10,13,15H,4-7,9H2,1-3H3. The Labute approximate surface area is 115 Å². The van der Waals surface area contributed by atoms with Gasteiger partial charge in [0.05, 0.1) is 6.04 Å². The van der Waals surface area contributed by atoms with Gasteiger partial charge >= 0.3 is 0 Å². The third-order valence-electron chi connectivity index (χ3n) is 4.51. The SMILES string of the molecule is CNC(C)c1cnc(C2CN3CCN2CC3)nc1C. The fourth-order valence-electron chi connectivity index (χ4n) is 3.10. The van der Waals surface area contributed by atoms with Gasteiger partial charge in [-0.05, 0) is 20.9 Å². The molecule has 0 radical (unpaired) electrons. The molecule has 3 aliphatic rings. The van der Waals surface area contributed by atoms with E-state index < -0.39 is 0 Å². The van der Waals surface area contributed by atoms with E-state index in [4.69, 9.17) is 4.98 Å². The van der Waals surface area contributed by atoms with Crippen LogP contribution >= 0.6 is 0 Å². The van der Waals surface area contributed by atoms with Gasteiger partial charge in [-0.1, -0.05) is 0 Å². The summed E-state index contributed by atoms with van der Waals surface area (Å²) in [6.45, 7) is 10.0. The van der Waals surface area contributed by atoms with Crippen molar-refractivity contribution in [2.45, 2.75) is 25.9 Å². The Bertz CT molecular complexity index is 453. The summed E-state index contributed by atoms with van der Waals surface area (Å²) in [5, 5.41) is 3.25. The lowest BCUT2D eigenvalue weighted by atomic mass is 10.1. The maximum Gasteiger partial charge on any atom is 0.146 e. The molecule has 1 aromatic heterocycles. The van der Waals surface area contributed by atoms with Crippen molar-refractivity contribution in [3.63, 3.8) is 0 Å². The van der Waals surface area contributed by atoms with Gasteiger partial charge in [0.1, 0.15) is 5.82 Å². The number of piperazine rings is 3. The van der Waals surface area contributed by atoms with Gasteiger partial charge in [0.15, 0.2) is 0 Å². The average molecular weight is 261 g/mol. The number of nitrogens with one attached hydrogen (secondary N) is 1. The Morgan fingerprint density at radius 1 is 1.32 bits per heavy atom. The van der Waals surface area contributed by atoms with E-state index in [1.807, 2.05) is 13.2 Å². The van der Waals surface area contributed by atoms with E-state index in [-0.39, 0.29) is 0 Å². The minimum absolute atomic E-state index is 0.306. The minimum atomic E-state index is 0.306. The van der Waals surface area contributed by atoms with E-state index in [1.165, 1.54) is 18.7 Å². The average Bonchev–Trinajstić information content (AvgIpc) is 2.47. The number of fused-ring (bicyclic) bond motifs is 3. The molecule has 3 saturated heterocycles. The maximum absolute atomic E-state index is 4.77. The first-order valence-electron chi connectivity index (χ1n) is 7.16. The van der Waals surface area contributed by atoms with Crippen LogP contribution in [0.3, 0.4) is 0 Å². The molecular formula is C14H23N5. The lowest BCUT2D eigenvalue weighted by molar-refractivity contribution is 0.00855. The zero-order chi connectivity index (χ0) is 13.4. The smallest absolute Gasteiger partial charge is 0.146 e. The van der Waals surface area contributed by atoms with Crippen molar-refractivity contribution in [1.82, 2.24) is 25.1 Å². The van der Waals surface area contributed by atoms with Crippen molar-refractivity contribution in [1.29, 1.82) is 0 Å².